The summed E-state index contributed by atoms with van der Waals surface area (Å²) in [5.74, 6) is 2.13. The molecule has 8 heteroatoms. The van der Waals surface area contributed by atoms with Crippen LogP contribution < -0.4 is 16.0 Å². The van der Waals surface area contributed by atoms with E-state index in [-0.39, 0.29) is 5.91 Å². The summed E-state index contributed by atoms with van der Waals surface area (Å²) in [4.78, 5) is 23.7. The molecule has 0 unspecified atom stereocenters. The number of ether oxygens (including phenoxy) is 1. The van der Waals surface area contributed by atoms with Gasteiger partial charge < -0.3 is 20.7 Å². The minimum Gasteiger partial charge on any atom is -0.379 e. The number of hydrogen-bond acceptors (Lipinski definition) is 7. The highest BCUT2D eigenvalue weighted by molar-refractivity contribution is 5.94. The van der Waals surface area contributed by atoms with Gasteiger partial charge in [0.25, 0.3) is 0 Å². The molecule has 1 saturated carbocycles. The second kappa shape index (κ2) is 11.0. The minimum absolute atomic E-state index is 0.0780. The van der Waals surface area contributed by atoms with Gasteiger partial charge in [-0.3, -0.25) is 9.69 Å². The molecule has 2 aromatic rings. The SMILES string of the molecule is O=C(NCCCNc1nc(Nc2cccc(CN3CCOCC3)c2)ncc1C1CC1)C1=CCC1. The summed E-state index contributed by atoms with van der Waals surface area (Å²) in [6.07, 6.45) is 9.12. The van der Waals surface area contributed by atoms with Crippen LogP contribution in [0.4, 0.5) is 17.5 Å². The van der Waals surface area contributed by atoms with Gasteiger partial charge in [-0.15, -0.1) is 0 Å². The zero-order valence-electron chi connectivity index (χ0n) is 19.7. The number of anilines is 3. The predicted octanol–water partition coefficient (Wildman–Crippen LogP) is 3.57. The molecule has 1 aromatic heterocycles. The molecule has 0 spiro atoms. The quantitative estimate of drug-likeness (QED) is 0.440. The van der Waals surface area contributed by atoms with Gasteiger partial charge in [0.05, 0.1) is 13.2 Å². The van der Waals surface area contributed by atoms with Crippen molar-refractivity contribution in [2.24, 2.45) is 0 Å². The fourth-order valence-electron chi connectivity index (χ4n) is 4.29. The van der Waals surface area contributed by atoms with Gasteiger partial charge in [-0.1, -0.05) is 18.2 Å². The topological polar surface area (TPSA) is 91.4 Å². The average molecular weight is 463 g/mol. The number of aromatic nitrogens is 2. The molecule has 0 atom stereocenters. The van der Waals surface area contributed by atoms with Crippen LogP contribution in [0.15, 0.2) is 42.1 Å². The first-order chi connectivity index (χ1) is 16.7. The van der Waals surface area contributed by atoms with Crippen molar-refractivity contribution in [3.8, 4) is 0 Å². The molecule has 8 nitrogen and oxygen atoms in total. The Bertz CT molecular complexity index is 1030. The van der Waals surface area contributed by atoms with Crippen LogP contribution in [-0.4, -0.2) is 60.2 Å². The monoisotopic (exact) mass is 462 g/mol. The summed E-state index contributed by atoms with van der Waals surface area (Å²) in [5, 5.41) is 9.86. The van der Waals surface area contributed by atoms with Crippen molar-refractivity contribution in [1.82, 2.24) is 20.2 Å². The van der Waals surface area contributed by atoms with Crippen molar-refractivity contribution >= 4 is 23.4 Å². The molecule has 5 rings (SSSR count). The fourth-order valence-corrected chi connectivity index (χ4v) is 4.29. The number of carbonyl (C=O) groups excluding carboxylic acids is 1. The summed E-state index contributed by atoms with van der Waals surface area (Å²) in [5.41, 5.74) is 4.36. The molecule has 2 fully saturated rings. The van der Waals surface area contributed by atoms with E-state index in [1.165, 1.54) is 24.0 Å². The van der Waals surface area contributed by atoms with Crippen molar-refractivity contribution in [3.63, 3.8) is 0 Å². The number of benzene rings is 1. The van der Waals surface area contributed by atoms with E-state index in [4.69, 9.17) is 9.72 Å². The molecule has 180 valence electrons. The Morgan fingerprint density at radius 2 is 2.03 bits per heavy atom. The third-order valence-corrected chi connectivity index (χ3v) is 6.55. The average Bonchev–Trinajstić information content (AvgIpc) is 3.64. The third kappa shape index (κ3) is 6.12. The summed E-state index contributed by atoms with van der Waals surface area (Å²) < 4.78 is 5.45. The lowest BCUT2D eigenvalue weighted by Crippen LogP contribution is -2.35. The summed E-state index contributed by atoms with van der Waals surface area (Å²) in [6, 6.07) is 8.45. The van der Waals surface area contributed by atoms with Crippen molar-refractivity contribution in [2.45, 2.75) is 44.6 Å². The van der Waals surface area contributed by atoms with E-state index in [0.29, 0.717) is 18.4 Å². The van der Waals surface area contributed by atoms with Crippen LogP contribution in [0, 0.1) is 0 Å². The predicted molar refractivity (Wildman–Crippen MR) is 133 cm³/mol. The molecule has 34 heavy (non-hydrogen) atoms. The third-order valence-electron chi connectivity index (χ3n) is 6.55. The first-order valence-corrected chi connectivity index (χ1v) is 12.5. The Hall–Kier alpha value is -2.97. The lowest BCUT2D eigenvalue weighted by Gasteiger charge is -2.26. The Balaban J connectivity index is 1.17. The summed E-state index contributed by atoms with van der Waals surface area (Å²) >= 11 is 0. The van der Waals surface area contributed by atoms with Gasteiger partial charge in [0.1, 0.15) is 5.82 Å². The minimum atomic E-state index is 0.0780. The number of nitrogens with one attached hydrogen (secondary N) is 3. The number of hydrogen-bond donors (Lipinski definition) is 3. The zero-order valence-corrected chi connectivity index (χ0v) is 19.7. The molecule has 1 aromatic carbocycles. The maximum Gasteiger partial charge on any atom is 0.246 e. The van der Waals surface area contributed by atoms with Gasteiger partial charge in [0.15, 0.2) is 0 Å². The zero-order chi connectivity index (χ0) is 23.2. The van der Waals surface area contributed by atoms with Crippen LogP contribution >= 0.6 is 0 Å². The number of nitrogens with zero attached hydrogens (tertiary/aromatic N) is 3. The van der Waals surface area contributed by atoms with E-state index < -0.39 is 0 Å². The fraction of sp³-hybridized carbons (Fsp3) is 0.500. The molecule has 3 aliphatic rings. The first-order valence-electron chi connectivity index (χ1n) is 12.5. The molecule has 0 bridgehead atoms. The van der Waals surface area contributed by atoms with Crippen molar-refractivity contribution in [2.75, 3.05) is 50.0 Å². The van der Waals surface area contributed by atoms with Crippen LogP contribution in [0.25, 0.3) is 0 Å². The number of amides is 1. The molecule has 1 saturated heterocycles. The molecule has 1 aliphatic heterocycles. The van der Waals surface area contributed by atoms with Crippen LogP contribution in [-0.2, 0) is 16.1 Å². The maximum atomic E-state index is 11.9. The second-order valence-corrected chi connectivity index (χ2v) is 9.29. The Labute approximate surface area is 201 Å². The van der Waals surface area contributed by atoms with Crippen molar-refractivity contribution < 1.29 is 9.53 Å². The van der Waals surface area contributed by atoms with E-state index in [9.17, 15) is 4.79 Å². The molecule has 2 aliphatic carbocycles. The van der Waals surface area contributed by atoms with Gasteiger partial charge in [-0.25, -0.2) is 4.98 Å². The number of rotatable bonds is 11. The van der Waals surface area contributed by atoms with E-state index in [1.807, 2.05) is 18.3 Å². The van der Waals surface area contributed by atoms with E-state index >= 15 is 0 Å². The molecule has 0 radical (unpaired) electrons. The highest BCUT2D eigenvalue weighted by atomic mass is 16.5. The highest BCUT2D eigenvalue weighted by Gasteiger charge is 2.27. The number of morpholine rings is 1. The summed E-state index contributed by atoms with van der Waals surface area (Å²) in [6.45, 7) is 5.89. The Morgan fingerprint density at radius 1 is 1.18 bits per heavy atom. The highest BCUT2D eigenvalue weighted by Crippen LogP contribution is 2.42. The van der Waals surface area contributed by atoms with Gasteiger partial charge in [0.2, 0.25) is 11.9 Å². The van der Waals surface area contributed by atoms with Gasteiger partial charge in [-0.05, 0) is 55.7 Å². The Kier molecular flexibility index (Phi) is 7.36. The standard InChI is InChI=1S/C26H34N6O2/c33-25(21-5-2-6-21)28-11-3-10-27-24-23(20-8-9-20)17-29-26(31-24)30-22-7-1-4-19(16-22)18-32-12-14-34-15-13-32/h1,4-5,7,16-17,20H,2-3,6,8-15,18H2,(H,28,33)(H2,27,29,30,31). The second-order valence-electron chi connectivity index (χ2n) is 9.29. The largest absolute Gasteiger partial charge is 0.379 e. The van der Waals surface area contributed by atoms with Gasteiger partial charge >= 0.3 is 0 Å². The molecular weight excluding hydrogens is 428 g/mol. The molecule has 1 amide bonds. The van der Waals surface area contributed by atoms with E-state index in [2.05, 4.69) is 44.0 Å². The maximum absolute atomic E-state index is 11.9. The number of carbonyl (C=O) groups is 1. The lowest BCUT2D eigenvalue weighted by atomic mass is 9.98. The van der Waals surface area contributed by atoms with Crippen LogP contribution in [0.1, 0.15) is 49.1 Å². The van der Waals surface area contributed by atoms with Crippen LogP contribution in [0.2, 0.25) is 0 Å². The molecule has 3 N–H and O–H groups in total. The van der Waals surface area contributed by atoms with Crippen molar-refractivity contribution in [1.29, 1.82) is 0 Å². The Morgan fingerprint density at radius 3 is 2.79 bits per heavy atom. The van der Waals surface area contributed by atoms with Crippen molar-refractivity contribution in [3.05, 3.63) is 53.2 Å². The molecular formula is C26H34N6O2. The normalized spacial score (nSPS) is 18.1. The number of allylic oxidation sites excluding steroid dienone is 1. The van der Waals surface area contributed by atoms with Gasteiger partial charge in [0, 0.05) is 55.7 Å². The lowest BCUT2D eigenvalue weighted by molar-refractivity contribution is -0.117. The first kappa shape index (κ1) is 22.8. The smallest absolute Gasteiger partial charge is 0.246 e. The molecule has 2 heterocycles. The van der Waals surface area contributed by atoms with E-state index in [0.717, 1.165) is 75.7 Å². The van der Waals surface area contributed by atoms with Crippen LogP contribution in [0.3, 0.4) is 0 Å². The summed E-state index contributed by atoms with van der Waals surface area (Å²) in [7, 11) is 0. The van der Waals surface area contributed by atoms with E-state index in [1.54, 1.807) is 0 Å². The van der Waals surface area contributed by atoms with Gasteiger partial charge in [-0.2, -0.15) is 4.98 Å². The van der Waals surface area contributed by atoms with Crippen LogP contribution in [0.5, 0.6) is 0 Å².